The number of anilines is 1. The van der Waals surface area contributed by atoms with Crippen molar-refractivity contribution in [2.45, 2.75) is 26.2 Å². The first kappa shape index (κ1) is 19.2. The molecule has 26 heavy (non-hydrogen) atoms. The van der Waals surface area contributed by atoms with Gasteiger partial charge in [0.15, 0.2) is 6.61 Å². The molecule has 0 saturated heterocycles. The van der Waals surface area contributed by atoms with Crippen molar-refractivity contribution in [2.75, 3.05) is 11.9 Å². The van der Waals surface area contributed by atoms with Gasteiger partial charge in [0, 0.05) is 5.69 Å². The van der Waals surface area contributed by atoms with Crippen molar-refractivity contribution in [3.8, 4) is 6.07 Å². The molecule has 1 amide bonds. The fourth-order valence-electron chi connectivity index (χ4n) is 2.68. The molecule has 0 aromatic heterocycles. The van der Waals surface area contributed by atoms with E-state index in [1.54, 1.807) is 24.3 Å². The summed E-state index contributed by atoms with van der Waals surface area (Å²) in [5, 5.41) is 11.5. The molecule has 0 spiro atoms. The van der Waals surface area contributed by atoms with E-state index in [1.165, 1.54) is 0 Å². The predicted octanol–water partition coefficient (Wildman–Crippen LogP) is 3.87. The summed E-state index contributed by atoms with van der Waals surface area (Å²) < 4.78 is 5.26. The molecular formula is C21H22N2O3. The molecule has 0 aliphatic rings. The molecule has 2 aromatic carbocycles. The van der Waals surface area contributed by atoms with E-state index in [-0.39, 0.29) is 12.5 Å². The Kier molecular flexibility index (Phi) is 6.92. The number of esters is 1. The van der Waals surface area contributed by atoms with E-state index in [0.29, 0.717) is 11.3 Å². The zero-order chi connectivity index (χ0) is 18.9. The Morgan fingerprint density at radius 2 is 1.88 bits per heavy atom. The lowest BCUT2D eigenvalue weighted by molar-refractivity contribution is -0.150. The summed E-state index contributed by atoms with van der Waals surface area (Å²) in [5.41, 5.74) is 1.82. The fourth-order valence-corrected chi connectivity index (χ4v) is 2.68. The number of nitrogens with one attached hydrogen (secondary N) is 1. The largest absolute Gasteiger partial charge is 0.455 e. The molecule has 0 saturated carbocycles. The monoisotopic (exact) mass is 350 g/mol. The topological polar surface area (TPSA) is 79.2 Å². The van der Waals surface area contributed by atoms with Crippen LogP contribution in [0.15, 0.2) is 54.6 Å². The maximum Gasteiger partial charge on any atom is 0.314 e. The molecular weight excluding hydrogens is 328 g/mol. The van der Waals surface area contributed by atoms with Crippen molar-refractivity contribution < 1.29 is 14.3 Å². The van der Waals surface area contributed by atoms with E-state index in [1.807, 2.05) is 50.2 Å². The van der Waals surface area contributed by atoms with Crippen molar-refractivity contribution in [3.63, 3.8) is 0 Å². The van der Waals surface area contributed by atoms with Crippen LogP contribution in [0, 0.1) is 17.2 Å². The maximum atomic E-state index is 12.6. The molecule has 5 heteroatoms. The molecule has 0 bridgehead atoms. The number of carbonyl (C=O) groups is 2. The van der Waals surface area contributed by atoms with Crippen molar-refractivity contribution in [2.24, 2.45) is 5.92 Å². The van der Waals surface area contributed by atoms with Gasteiger partial charge in [0.2, 0.25) is 0 Å². The normalized spacial score (nSPS) is 12.5. The van der Waals surface area contributed by atoms with Crippen molar-refractivity contribution in [3.05, 3.63) is 65.7 Å². The lowest BCUT2D eigenvalue weighted by Gasteiger charge is -2.21. The summed E-state index contributed by atoms with van der Waals surface area (Å²) in [7, 11) is 0. The Morgan fingerprint density at radius 3 is 2.54 bits per heavy atom. The van der Waals surface area contributed by atoms with E-state index >= 15 is 0 Å². The van der Waals surface area contributed by atoms with Gasteiger partial charge in [0.1, 0.15) is 0 Å². The number of amides is 1. The highest BCUT2D eigenvalue weighted by Crippen LogP contribution is 2.28. The molecule has 0 heterocycles. The van der Waals surface area contributed by atoms with E-state index in [9.17, 15) is 9.59 Å². The highest BCUT2D eigenvalue weighted by Gasteiger charge is 2.27. The number of rotatable bonds is 7. The third-order valence-corrected chi connectivity index (χ3v) is 4.25. The molecule has 2 atom stereocenters. The van der Waals surface area contributed by atoms with Crippen molar-refractivity contribution in [1.29, 1.82) is 5.26 Å². The Balaban J connectivity index is 1.98. The standard InChI is InChI=1S/C21H22N2O3/c1-3-15(2)20(17-9-5-4-6-10-17)21(25)26-14-19(24)23-18-11-7-8-16(12-18)13-22/h4-12,15,20H,3,14H2,1-2H3,(H,23,24)/t15-,20+/m1/s1. The Bertz CT molecular complexity index is 796. The second-order valence-electron chi connectivity index (χ2n) is 6.12. The second-order valence-corrected chi connectivity index (χ2v) is 6.12. The van der Waals surface area contributed by atoms with E-state index < -0.39 is 17.8 Å². The minimum absolute atomic E-state index is 0.0975. The number of ether oxygens (including phenoxy) is 1. The molecule has 0 aliphatic heterocycles. The van der Waals surface area contributed by atoms with Crippen LogP contribution in [0.2, 0.25) is 0 Å². The van der Waals surface area contributed by atoms with Crippen LogP contribution in [0.25, 0.3) is 0 Å². The molecule has 0 unspecified atom stereocenters. The summed E-state index contributed by atoms with van der Waals surface area (Å²) in [6, 6.07) is 18.0. The van der Waals surface area contributed by atoms with Gasteiger partial charge in [-0.25, -0.2) is 0 Å². The van der Waals surface area contributed by atoms with Gasteiger partial charge in [-0.05, 0) is 29.7 Å². The number of hydrogen-bond donors (Lipinski definition) is 1. The number of carbonyl (C=O) groups excluding carboxylic acids is 2. The summed E-state index contributed by atoms with van der Waals surface area (Å²) in [5.74, 6) is -1.16. The third kappa shape index (κ3) is 5.18. The Morgan fingerprint density at radius 1 is 1.15 bits per heavy atom. The van der Waals surface area contributed by atoms with Crippen LogP contribution >= 0.6 is 0 Å². The van der Waals surface area contributed by atoms with Gasteiger partial charge in [-0.3, -0.25) is 9.59 Å². The smallest absolute Gasteiger partial charge is 0.314 e. The van der Waals surface area contributed by atoms with Gasteiger partial charge < -0.3 is 10.1 Å². The third-order valence-electron chi connectivity index (χ3n) is 4.25. The van der Waals surface area contributed by atoms with Crippen LogP contribution < -0.4 is 5.32 Å². The molecule has 134 valence electrons. The molecule has 1 N–H and O–H groups in total. The van der Waals surface area contributed by atoms with E-state index in [2.05, 4.69) is 5.32 Å². The number of benzene rings is 2. The van der Waals surface area contributed by atoms with Crippen LogP contribution in [-0.2, 0) is 14.3 Å². The summed E-state index contributed by atoms with van der Waals surface area (Å²) >= 11 is 0. The molecule has 5 nitrogen and oxygen atoms in total. The first-order chi connectivity index (χ1) is 12.5. The fraction of sp³-hybridized carbons (Fsp3) is 0.286. The Labute approximate surface area is 153 Å². The number of nitrogens with zero attached hydrogens (tertiary/aromatic N) is 1. The van der Waals surface area contributed by atoms with Gasteiger partial charge in [-0.1, -0.05) is 56.7 Å². The summed E-state index contributed by atoms with van der Waals surface area (Å²) in [6.45, 7) is 3.64. The average Bonchev–Trinajstić information content (AvgIpc) is 2.67. The minimum Gasteiger partial charge on any atom is -0.455 e. The molecule has 2 rings (SSSR count). The summed E-state index contributed by atoms with van der Waals surface area (Å²) in [4.78, 5) is 24.6. The number of hydrogen-bond acceptors (Lipinski definition) is 4. The quantitative estimate of drug-likeness (QED) is 0.769. The Hall–Kier alpha value is -3.13. The van der Waals surface area contributed by atoms with E-state index in [0.717, 1.165) is 12.0 Å². The van der Waals surface area contributed by atoms with Gasteiger partial charge >= 0.3 is 5.97 Å². The van der Waals surface area contributed by atoms with Crippen LogP contribution in [0.1, 0.15) is 37.3 Å². The minimum atomic E-state index is -0.440. The molecule has 0 aliphatic carbocycles. The highest BCUT2D eigenvalue weighted by molar-refractivity contribution is 5.93. The number of nitriles is 1. The van der Waals surface area contributed by atoms with Crippen LogP contribution in [0.5, 0.6) is 0 Å². The van der Waals surface area contributed by atoms with Crippen molar-refractivity contribution >= 4 is 17.6 Å². The van der Waals surface area contributed by atoms with E-state index in [4.69, 9.17) is 10.00 Å². The summed E-state index contributed by atoms with van der Waals surface area (Å²) in [6.07, 6.45) is 0.821. The SMILES string of the molecule is CC[C@@H](C)[C@H](C(=O)OCC(=O)Nc1cccc(C#N)c1)c1ccccc1. The van der Waals surface area contributed by atoms with Crippen LogP contribution in [-0.4, -0.2) is 18.5 Å². The van der Waals surface area contributed by atoms with Gasteiger partial charge in [-0.15, -0.1) is 0 Å². The maximum absolute atomic E-state index is 12.6. The lowest BCUT2D eigenvalue weighted by Crippen LogP contribution is -2.26. The van der Waals surface area contributed by atoms with Crippen molar-refractivity contribution in [1.82, 2.24) is 0 Å². The van der Waals surface area contributed by atoms with Gasteiger partial charge in [-0.2, -0.15) is 5.26 Å². The second kappa shape index (κ2) is 9.38. The highest BCUT2D eigenvalue weighted by atomic mass is 16.5. The lowest BCUT2D eigenvalue weighted by atomic mass is 9.86. The first-order valence-electron chi connectivity index (χ1n) is 8.56. The first-order valence-corrected chi connectivity index (χ1v) is 8.56. The zero-order valence-electron chi connectivity index (χ0n) is 14.9. The predicted molar refractivity (Wildman–Crippen MR) is 99.4 cm³/mol. The van der Waals surface area contributed by atoms with Gasteiger partial charge in [0.25, 0.3) is 5.91 Å². The molecule has 0 radical (unpaired) electrons. The zero-order valence-corrected chi connectivity index (χ0v) is 14.9. The molecule has 2 aromatic rings. The molecule has 0 fully saturated rings. The van der Waals surface area contributed by atoms with Gasteiger partial charge in [0.05, 0.1) is 17.6 Å². The average molecular weight is 350 g/mol. The van der Waals surface area contributed by atoms with Crippen LogP contribution in [0.3, 0.4) is 0 Å². The van der Waals surface area contributed by atoms with Crippen LogP contribution in [0.4, 0.5) is 5.69 Å².